The first-order valence-electron chi connectivity index (χ1n) is 6.45. The van der Waals surface area contributed by atoms with Crippen molar-refractivity contribution in [2.45, 2.75) is 26.9 Å². The fourth-order valence-corrected chi connectivity index (χ4v) is 2.24. The zero-order valence-corrected chi connectivity index (χ0v) is 12.0. The fourth-order valence-electron chi connectivity index (χ4n) is 2.24. The number of hydrogen-bond donors (Lipinski definition) is 1. The number of para-hydroxylation sites is 1. The molecule has 4 heteroatoms. The van der Waals surface area contributed by atoms with Crippen molar-refractivity contribution in [1.29, 1.82) is 0 Å². The summed E-state index contributed by atoms with van der Waals surface area (Å²) in [6.45, 7) is 5.76. The minimum absolute atomic E-state index is 0.789. The van der Waals surface area contributed by atoms with Gasteiger partial charge < -0.3 is 10.1 Å². The van der Waals surface area contributed by atoms with Gasteiger partial charge in [0.2, 0.25) is 0 Å². The summed E-state index contributed by atoms with van der Waals surface area (Å²) in [4.78, 5) is 0. The number of aromatic nitrogens is 2. The number of nitrogens with one attached hydrogen (secondary N) is 1. The molecule has 1 N–H and O–H groups in total. The molecular formula is C15H21N3O. The molecule has 19 heavy (non-hydrogen) atoms. The van der Waals surface area contributed by atoms with E-state index in [9.17, 15) is 0 Å². The number of aryl methyl sites for hydroxylation is 2. The second-order valence-electron chi connectivity index (χ2n) is 4.69. The Hall–Kier alpha value is -1.81. The molecule has 0 unspecified atom stereocenters. The van der Waals surface area contributed by atoms with Crippen LogP contribution in [0.25, 0.3) is 0 Å². The number of rotatable bonds is 5. The molecule has 0 saturated carbocycles. The normalized spacial score (nSPS) is 10.7. The van der Waals surface area contributed by atoms with Gasteiger partial charge in [-0.25, -0.2) is 0 Å². The molecule has 0 radical (unpaired) electrons. The van der Waals surface area contributed by atoms with Gasteiger partial charge in [0.15, 0.2) is 0 Å². The lowest BCUT2D eigenvalue weighted by Crippen LogP contribution is -2.14. The van der Waals surface area contributed by atoms with Crippen molar-refractivity contribution < 1.29 is 4.74 Å². The highest BCUT2D eigenvalue weighted by molar-refractivity contribution is 5.33. The molecule has 0 fully saturated rings. The van der Waals surface area contributed by atoms with Crippen molar-refractivity contribution in [3.63, 3.8) is 0 Å². The monoisotopic (exact) mass is 259 g/mol. The first-order valence-corrected chi connectivity index (χ1v) is 6.45. The molecule has 1 aromatic carbocycles. The lowest BCUT2D eigenvalue weighted by molar-refractivity contribution is 0.407. The van der Waals surface area contributed by atoms with Gasteiger partial charge in [0.1, 0.15) is 5.75 Å². The Labute approximate surface area is 114 Å². The molecule has 0 aliphatic heterocycles. The van der Waals surface area contributed by atoms with E-state index < -0.39 is 0 Å². The summed E-state index contributed by atoms with van der Waals surface area (Å²) >= 11 is 0. The summed E-state index contributed by atoms with van der Waals surface area (Å²) in [7, 11) is 3.68. The van der Waals surface area contributed by atoms with Gasteiger partial charge in [0.05, 0.1) is 12.8 Å². The second kappa shape index (κ2) is 5.89. The van der Waals surface area contributed by atoms with Crippen LogP contribution >= 0.6 is 0 Å². The molecule has 0 saturated heterocycles. The molecule has 1 aromatic heterocycles. The highest BCUT2D eigenvalue weighted by atomic mass is 16.5. The third-order valence-electron chi connectivity index (χ3n) is 3.47. The van der Waals surface area contributed by atoms with Crippen LogP contribution in [0.5, 0.6) is 5.75 Å². The third-order valence-corrected chi connectivity index (χ3v) is 3.47. The van der Waals surface area contributed by atoms with Crippen LogP contribution in [0.2, 0.25) is 0 Å². The minimum atomic E-state index is 0.789. The van der Waals surface area contributed by atoms with E-state index in [4.69, 9.17) is 4.74 Å². The van der Waals surface area contributed by atoms with Crippen LogP contribution in [0.15, 0.2) is 24.3 Å². The molecule has 2 aromatic rings. The maximum atomic E-state index is 5.34. The quantitative estimate of drug-likeness (QED) is 0.895. The Balaban J connectivity index is 2.00. The molecule has 0 spiro atoms. The lowest BCUT2D eigenvalue weighted by atomic mass is 10.1. The van der Waals surface area contributed by atoms with Crippen molar-refractivity contribution in [3.8, 4) is 5.75 Å². The van der Waals surface area contributed by atoms with E-state index in [2.05, 4.69) is 23.4 Å². The van der Waals surface area contributed by atoms with Gasteiger partial charge in [-0.1, -0.05) is 18.2 Å². The van der Waals surface area contributed by atoms with Crippen molar-refractivity contribution in [1.82, 2.24) is 15.1 Å². The number of nitrogens with zero attached hydrogens (tertiary/aromatic N) is 2. The van der Waals surface area contributed by atoms with Crippen LogP contribution in [0.4, 0.5) is 0 Å². The van der Waals surface area contributed by atoms with Gasteiger partial charge >= 0.3 is 0 Å². The van der Waals surface area contributed by atoms with Crippen LogP contribution in [0.3, 0.4) is 0 Å². The maximum Gasteiger partial charge on any atom is 0.123 e. The Morgan fingerprint density at radius 1 is 1.21 bits per heavy atom. The molecular weight excluding hydrogens is 238 g/mol. The van der Waals surface area contributed by atoms with Crippen molar-refractivity contribution >= 4 is 0 Å². The van der Waals surface area contributed by atoms with E-state index in [1.807, 2.05) is 36.9 Å². The molecule has 2 rings (SSSR count). The molecule has 0 aliphatic carbocycles. The summed E-state index contributed by atoms with van der Waals surface area (Å²) in [5.41, 5.74) is 4.75. The van der Waals surface area contributed by atoms with Crippen LogP contribution in [0.1, 0.15) is 22.5 Å². The zero-order valence-electron chi connectivity index (χ0n) is 12.0. The molecule has 0 atom stereocenters. The average molecular weight is 259 g/mol. The Morgan fingerprint density at radius 3 is 2.58 bits per heavy atom. The predicted octanol–water partition coefficient (Wildman–Crippen LogP) is 2.34. The highest BCUT2D eigenvalue weighted by Crippen LogP contribution is 2.17. The van der Waals surface area contributed by atoms with E-state index >= 15 is 0 Å². The molecule has 4 nitrogen and oxygen atoms in total. The van der Waals surface area contributed by atoms with Crippen LogP contribution in [-0.2, 0) is 20.1 Å². The summed E-state index contributed by atoms with van der Waals surface area (Å²) < 4.78 is 7.27. The average Bonchev–Trinajstić information content (AvgIpc) is 2.65. The first-order chi connectivity index (χ1) is 9.13. The Bertz CT molecular complexity index is 561. The van der Waals surface area contributed by atoms with E-state index in [1.54, 1.807) is 7.11 Å². The summed E-state index contributed by atoms with van der Waals surface area (Å²) in [5, 5.41) is 7.88. The smallest absolute Gasteiger partial charge is 0.123 e. The molecule has 102 valence electrons. The number of ether oxygens (including phenoxy) is 1. The van der Waals surface area contributed by atoms with Crippen molar-refractivity contribution in [2.24, 2.45) is 7.05 Å². The Morgan fingerprint density at radius 2 is 1.95 bits per heavy atom. The number of methoxy groups -OCH3 is 1. The van der Waals surface area contributed by atoms with Gasteiger partial charge in [-0.2, -0.15) is 5.10 Å². The van der Waals surface area contributed by atoms with Crippen LogP contribution < -0.4 is 10.1 Å². The molecule has 1 heterocycles. The van der Waals surface area contributed by atoms with Crippen LogP contribution in [0, 0.1) is 13.8 Å². The van der Waals surface area contributed by atoms with Gasteiger partial charge in [-0.05, 0) is 19.9 Å². The molecule has 0 amide bonds. The Kier molecular flexibility index (Phi) is 4.22. The zero-order chi connectivity index (χ0) is 13.8. The standard InChI is InChI=1S/C15H21N3O/c1-11-14(12(2)18(3)17-11)10-16-9-13-7-5-6-8-15(13)19-4/h5-8,16H,9-10H2,1-4H3. The third kappa shape index (κ3) is 2.96. The lowest BCUT2D eigenvalue weighted by Gasteiger charge is -2.09. The highest BCUT2D eigenvalue weighted by Gasteiger charge is 2.09. The second-order valence-corrected chi connectivity index (χ2v) is 4.69. The van der Waals surface area contributed by atoms with Gasteiger partial charge in [-0.15, -0.1) is 0 Å². The first kappa shape index (κ1) is 13.6. The molecule has 0 bridgehead atoms. The van der Waals surface area contributed by atoms with E-state index in [0.29, 0.717) is 0 Å². The van der Waals surface area contributed by atoms with E-state index in [1.165, 1.54) is 16.8 Å². The maximum absolute atomic E-state index is 5.34. The molecule has 0 aliphatic rings. The summed E-state index contributed by atoms with van der Waals surface area (Å²) in [6.07, 6.45) is 0. The fraction of sp³-hybridized carbons (Fsp3) is 0.400. The summed E-state index contributed by atoms with van der Waals surface area (Å²) in [6, 6.07) is 8.07. The van der Waals surface area contributed by atoms with E-state index in [0.717, 1.165) is 24.5 Å². The van der Waals surface area contributed by atoms with E-state index in [-0.39, 0.29) is 0 Å². The van der Waals surface area contributed by atoms with Crippen molar-refractivity contribution in [2.75, 3.05) is 7.11 Å². The largest absolute Gasteiger partial charge is 0.496 e. The minimum Gasteiger partial charge on any atom is -0.496 e. The van der Waals surface area contributed by atoms with Gasteiger partial charge in [-0.3, -0.25) is 4.68 Å². The van der Waals surface area contributed by atoms with Gasteiger partial charge in [0, 0.05) is 37.0 Å². The topological polar surface area (TPSA) is 39.1 Å². The van der Waals surface area contributed by atoms with Crippen molar-refractivity contribution in [3.05, 3.63) is 46.8 Å². The van der Waals surface area contributed by atoms with Crippen LogP contribution in [-0.4, -0.2) is 16.9 Å². The number of hydrogen-bond acceptors (Lipinski definition) is 3. The number of benzene rings is 1. The predicted molar refractivity (Wildman–Crippen MR) is 76.2 cm³/mol. The SMILES string of the molecule is COc1ccccc1CNCc1c(C)nn(C)c1C. The summed E-state index contributed by atoms with van der Waals surface area (Å²) in [5.74, 6) is 0.926. The van der Waals surface area contributed by atoms with Gasteiger partial charge in [0.25, 0.3) is 0 Å².